The maximum Gasteiger partial charge on any atom is 0.211 e. The number of sulfonamides is 1. The van der Waals surface area contributed by atoms with E-state index in [0.717, 1.165) is 25.9 Å². The topological polar surface area (TPSA) is 67.4 Å². The minimum Gasteiger partial charge on any atom is -0.385 e. The molecule has 2 N–H and O–H groups in total. The Kier molecular flexibility index (Phi) is 5.85. The van der Waals surface area contributed by atoms with Gasteiger partial charge in [0, 0.05) is 20.3 Å². The van der Waals surface area contributed by atoms with Crippen molar-refractivity contribution < 1.29 is 13.2 Å². The highest BCUT2D eigenvalue weighted by Gasteiger charge is 2.27. The fraction of sp³-hybridized carbons (Fsp3) is 1.00. The van der Waals surface area contributed by atoms with Crippen molar-refractivity contribution >= 4 is 10.0 Å². The predicted octanol–water partition coefficient (Wildman–Crippen LogP) is 0.332. The average Bonchev–Trinajstić information content (AvgIpc) is 2.28. The summed E-state index contributed by atoms with van der Waals surface area (Å²) in [6, 6.07) is 0. The normalized spacial score (nSPS) is 20.4. The van der Waals surface area contributed by atoms with E-state index in [9.17, 15) is 8.42 Å². The van der Waals surface area contributed by atoms with Gasteiger partial charge in [0.15, 0.2) is 0 Å². The standard InChI is InChI=1S/C11H24N2O3S/c1-11(4-6-12-7-5-11)10-13-17(14,15)9-3-8-16-2/h12-13H,3-10H2,1-2H3. The lowest BCUT2D eigenvalue weighted by Crippen LogP contribution is -2.43. The first-order valence-corrected chi connectivity index (χ1v) is 7.80. The van der Waals surface area contributed by atoms with Crippen molar-refractivity contribution in [3.8, 4) is 0 Å². The average molecular weight is 264 g/mol. The van der Waals surface area contributed by atoms with Crippen LogP contribution in [0.3, 0.4) is 0 Å². The second-order valence-corrected chi connectivity index (χ2v) is 6.97. The van der Waals surface area contributed by atoms with Crippen LogP contribution in [-0.2, 0) is 14.8 Å². The molecule has 1 rings (SSSR count). The molecule has 0 radical (unpaired) electrons. The largest absolute Gasteiger partial charge is 0.385 e. The summed E-state index contributed by atoms with van der Waals surface area (Å²) in [5.74, 6) is 0.148. The van der Waals surface area contributed by atoms with Gasteiger partial charge in [-0.25, -0.2) is 13.1 Å². The van der Waals surface area contributed by atoms with Crippen molar-refractivity contribution in [1.82, 2.24) is 10.0 Å². The van der Waals surface area contributed by atoms with Gasteiger partial charge in [-0.1, -0.05) is 6.92 Å². The lowest BCUT2D eigenvalue weighted by Gasteiger charge is -2.34. The van der Waals surface area contributed by atoms with E-state index >= 15 is 0 Å². The fourth-order valence-electron chi connectivity index (χ4n) is 1.96. The zero-order valence-electron chi connectivity index (χ0n) is 10.8. The molecule has 102 valence electrons. The number of rotatable bonds is 7. The van der Waals surface area contributed by atoms with Gasteiger partial charge in [0.25, 0.3) is 0 Å². The Morgan fingerprint density at radius 2 is 2.00 bits per heavy atom. The molecule has 1 fully saturated rings. The molecule has 0 aromatic heterocycles. The summed E-state index contributed by atoms with van der Waals surface area (Å²) < 4.78 is 31.0. The van der Waals surface area contributed by atoms with Crippen LogP contribution in [-0.4, -0.2) is 47.5 Å². The van der Waals surface area contributed by atoms with Crippen molar-refractivity contribution in [1.29, 1.82) is 0 Å². The SMILES string of the molecule is COCCCS(=O)(=O)NCC1(C)CCNCC1. The molecule has 1 aliphatic heterocycles. The van der Waals surface area contributed by atoms with E-state index in [1.807, 2.05) is 0 Å². The van der Waals surface area contributed by atoms with Crippen molar-refractivity contribution in [3.05, 3.63) is 0 Å². The van der Waals surface area contributed by atoms with Gasteiger partial charge in [-0.2, -0.15) is 0 Å². The Morgan fingerprint density at radius 1 is 1.35 bits per heavy atom. The van der Waals surface area contributed by atoms with Gasteiger partial charge in [0.05, 0.1) is 5.75 Å². The van der Waals surface area contributed by atoms with Gasteiger partial charge >= 0.3 is 0 Å². The number of hydrogen-bond acceptors (Lipinski definition) is 4. The lowest BCUT2D eigenvalue weighted by molar-refractivity contribution is 0.199. The molecule has 0 aromatic rings. The van der Waals surface area contributed by atoms with E-state index in [4.69, 9.17) is 4.74 Å². The molecule has 1 aliphatic rings. The van der Waals surface area contributed by atoms with Crippen molar-refractivity contribution in [2.24, 2.45) is 5.41 Å². The molecule has 6 heteroatoms. The highest BCUT2D eigenvalue weighted by Crippen LogP contribution is 2.26. The quantitative estimate of drug-likeness (QED) is 0.650. The van der Waals surface area contributed by atoms with Gasteiger partial charge in [0.2, 0.25) is 10.0 Å². The van der Waals surface area contributed by atoms with E-state index in [2.05, 4.69) is 17.0 Å². The third-order valence-electron chi connectivity index (χ3n) is 3.29. The van der Waals surface area contributed by atoms with Crippen molar-refractivity contribution in [2.45, 2.75) is 26.2 Å². The molecular weight excluding hydrogens is 240 g/mol. The Bertz CT molecular complexity index is 311. The van der Waals surface area contributed by atoms with E-state index in [1.165, 1.54) is 0 Å². The van der Waals surface area contributed by atoms with E-state index in [1.54, 1.807) is 7.11 Å². The molecule has 17 heavy (non-hydrogen) atoms. The van der Waals surface area contributed by atoms with Crippen LogP contribution >= 0.6 is 0 Å². The summed E-state index contributed by atoms with van der Waals surface area (Å²) in [6.45, 7) is 5.13. The highest BCUT2D eigenvalue weighted by molar-refractivity contribution is 7.89. The maximum absolute atomic E-state index is 11.7. The first kappa shape index (κ1) is 14.9. The summed E-state index contributed by atoms with van der Waals surface area (Å²) in [5, 5.41) is 3.29. The van der Waals surface area contributed by atoms with Crippen LogP contribution < -0.4 is 10.0 Å². The van der Waals surface area contributed by atoms with E-state index in [-0.39, 0.29) is 11.2 Å². The van der Waals surface area contributed by atoms with Gasteiger partial charge in [-0.15, -0.1) is 0 Å². The van der Waals surface area contributed by atoms with Crippen LogP contribution in [0.1, 0.15) is 26.2 Å². The molecule has 0 unspecified atom stereocenters. The molecule has 5 nitrogen and oxygen atoms in total. The minimum absolute atomic E-state index is 0.0968. The van der Waals surface area contributed by atoms with Crippen LogP contribution in [0.2, 0.25) is 0 Å². The maximum atomic E-state index is 11.7. The van der Waals surface area contributed by atoms with Gasteiger partial charge in [-0.3, -0.25) is 0 Å². The predicted molar refractivity (Wildman–Crippen MR) is 68.5 cm³/mol. The van der Waals surface area contributed by atoms with Crippen LogP contribution in [0.15, 0.2) is 0 Å². The first-order valence-electron chi connectivity index (χ1n) is 6.14. The third-order valence-corrected chi connectivity index (χ3v) is 4.70. The second kappa shape index (κ2) is 6.68. The van der Waals surface area contributed by atoms with Gasteiger partial charge in [0.1, 0.15) is 0 Å². The van der Waals surface area contributed by atoms with Crippen LogP contribution in [0.5, 0.6) is 0 Å². The molecule has 0 aliphatic carbocycles. The summed E-state index contributed by atoms with van der Waals surface area (Å²) >= 11 is 0. The zero-order chi connectivity index (χ0) is 12.8. The Labute approximate surface area is 104 Å². The minimum atomic E-state index is -3.14. The zero-order valence-corrected chi connectivity index (χ0v) is 11.6. The van der Waals surface area contributed by atoms with E-state index in [0.29, 0.717) is 19.6 Å². The summed E-state index contributed by atoms with van der Waals surface area (Å²) in [4.78, 5) is 0. The Balaban J connectivity index is 2.32. The number of hydrogen-bond donors (Lipinski definition) is 2. The van der Waals surface area contributed by atoms with Crippen LogP contribution in [0.25, 0.3) is 0 Å². The summed E-state index contributed by atoms with van der Waals surface area (Å²) in [5.41, 5.74) is 0.0968. The molecule has 0 aromatic carbocycles. The molecule has 0 atom stereocenters. The van der Waals surface area contributed by atoms with Crippen molar-refractivity contribution in [2.75, 3.05) is 39.1 Å². The molecule has 1 heterocycles. The molecule has 0 amide bonds. The van der Waals surface area contributed by atoms with Crippen LogP contribution in [0, 0.1) is 5.41 Å². The van der Waals surface area contributed by atoms with Crippen LogP contribution in [0.4, 0.5) is 0 Å². The summed E-state index contributed by atoms with van der Waals surface area (Å²) in [7, 11) is -1.56. The second-order valence-electron chi connectivity index (χ2n) is 5.05. The Hall–Kier alpha value is -0.170. The monoisotopic (exact) mass is 264 g/mol. The van der Waals surface area contributed by atoms with E-state index < -0.39 is 10.0 Å². The number of ether oxygens (including phenoxy) is 1. The lowest BCUT2D eigenvalue weighted by atomic mass is 9.81. The third kappa shape index (κ3) is 5.81. The molecule has 0 bridgehead atoms. The molecule has 1 saturated heterocycles. The highest BCUT2D eigenvalue weighted by atomic mass is 32.2. The Morgan fingerprint density at radius 3 is 2.59 bits per heavy atom. The fourth-order valence-corrected chi connectivity index (χ4v) is 3.17. The van der Waals surface area contributed by atoms with Gasteiger partial charge in [-0.05, 0) is 37.8 Å². The number of piperidine rings is 1. The summed E-state index contributed by atoms with van der Waals surface area (Å²) in [6.07, 6.45) is 2.59. The smallest absolute Gasteiger partial charge is 0.211 e. The number of methoxy groups -OCH3 is 1. The van der Waals surface area contributed by atoms with Gasteiger partial charge < -0.3 is 10.1 Å². The first-order chi connectivity index (χ1) is 7.97. The molecule has 0 spiro atoms. The number of nitrogens with one attached hydrogen (secondary N) is 2. The van der Waals surface area contributed by atoms with Crippen molar-refractivity contribution in [3.63, 3.8) is 0 Å². The molecular formula is C11H24N2O3S. The molecule has 0 saturated carbocycles.